The molecule has 1 radical (unpaired) electrons. The van der Waals surface area contributed by atoms with Crippen molar-refractivity contribution in [2.24, 2.45) is 5.92 Å². The van der Waals surface area contributed by atoms with Crippen molar-refractivity contribution in [1.29, 1.82) is 0 Å². The molecule has 5 heteroatoms. The average Bonchev–Trinajstić information content (AvgIpc) is 3.82. The van der Waals surface area contributed by atoms with E-state index in [0.717, 1.165) is 28.4 Å². The zero-order valence-corrected chi connectivity index (χ0v) is 35.6. The normalized spacial score (nSPS) is 13.5. The topological polar surface area (TPSA) is 25.8 Å². The second kappa shape index (κ2) is 15.7. The average molecular weight is 893 g/mol. The van der Waals surface area contributed by atoms with Crippen LogP contribution in [0.2, 0.25) is 19.6 Å². The van der Waals surface area contributed by atoms with Crippen LogP contribution in [0.15, 0.2) is 109 Å². The van der Waals surface area contributed by atoms with Crippen molar-refractivity contribution in [3.05, 3.63) is 138 Å². The maximum absolute atomic E-state index is 4.93. The van der Waals surface area contributed by atoms with E-state index in [1.807, 2.05) is 29.5 Å². The predicted octanol–water partition coefficient (Wildman–Crippen LogP) is 12.8. The van der Waals surface area contributed by atoms with Crippen molar-refractivity contribution in [3.8, 4) is 33.6 Å². The molecule has 4 aromatic carbocycles. The third kappa shape index (κ3) is 7.66. The molecule has 0 spiro atoms. The van der Waals surface area contributed by atoms with E-state index < -0.39 is 8.07 Å². The number of hydrogen-bond acceptors (Lipinski definition) is 3. The van der Waals surface area contributed by atoms with Crippen molar-refractivity contribution < 1.29 is 20.1 Å². The van der Waals surface area contributed by atoms with Crippen LogP contribution >= 0.6 is 11.3 Å². The van der Waals surface area contributed by atoms with Crippen LogP contribution in [-0.2, 0) is 25.5 Å². The maximum Gasteiger partial charge on any atom is 0.0798 e. The molecule has 1 aliphatic rings. The Labute approximate surface area is 329 Å². The van der Waals surface area contributed by atoms with Crippen molar-refractivity contribution in [1.82, 2.24) is 9.97 Å². The summed E-state index contributed by atoms with van der Waals surface area (Å²) in [5.74, 6) is 0.749. The smallest absolute Gasteiger partial charge is 0.0798 e. The van der Waals surface area contributed by atoms with Crippen LogP contribution in [0.1, 0.15) is 56.2 Å². The Morgan fingerprint density at radius 2 is 1.42 bits per heavy atom. The van der Waals surface area contributed by atoms with Crippen LogP contribution in [0, 0.1) is 31.9 Å². The fraction of sp³-hybridized carbons (Fsp3) is 0.277. The van der Waals surface area contributed by atoms with Crippen LogP contribution in [0.5, 0.6) is 0 Å². The molecule has 3 aromatic heterocycles. The van der Waals surface area contributed by atoms with E-state index in [2.05, 4.69) is 156 Å². The Bertz CT molecular complexity index is 2300. The van der Waals surface area contributed by atoms with Gasteiger partial charge in [0, 0.05) is 37.2 Å². The van der Waals surface area contributed by atoms with Crippen LogP contribution in [0.25, 0.3) is 53.8 Å². The molecule has 1 aliphatic carbocycles. The quantitative estimate of drug-likeness (QED) is 0.123. The second-order valence-electron chi connectivity index (χ2n) is 15.7. The molecule has 0 bridgehead atoms. The molecular formula is C47H48IrN2SSi-2. The summed E-state index contributed by atoms with van der Waals surface area (Å²) in [5, 5.41) is 4.05. The number of rotatable bonds is 6. The number of pyridine rings is 2. The first-order valence-corrected chi connectivity index (χ1v) is 22.7. The summed E-state index contributed by atoms with van der Waals surface area (Å²) in [6.07, 6.45) is 9.54. The van der Waals surface area contributed by atoms with Crippen molar-refractivity contribution >= 4 is 44.8 Å². The van der Waals surface area contributed by atoms with Gasteiger partial charge in [-0.15, -0.1) is 59.7 Å². The minimum atomic E-state index is -1.27. The standard InChI is InChI=1S/C32H30NS.C15H18NSi.Ir/c1-21-20-33-29(19-28(21)32(2,3)23-13-7-8-14-23)27-18-10-17-26-25-16-9-15-24(30(25)34-31(26)27)22-11-5-4-6-12-22;1-12-10-14(13-8-6-5-7-9-13)16-11-15(12)17(2,3)4;/h4-6,9-12,15-17,19-20,23H,7-8,13-14H2,1-3H3;5-8,10-11H,1-4H3;/q2*-1;. The molecule has 0 N–H and O–H groups in total. The third-order valence-electron chi connectivity index (χ3n) is 10.9. The number of benzene rings is 4. The second-order valence-corrected chi connectivity index (χ2v) is 21.8. The van der Waals surface area contributed by atoms with Crippen molar-refractivity contribution in [2.75, 3.05) is 0 Å². The summed E-state index contributed by atoms with van der Waals surface area (Å²) in [7, 11) is -1.27. The summed E-state index contributed by atoms with van der Waals surface area (Å²) in [5.41, 5.74) is 11.1. The number of hydrogen-bond donors (Lipinski definition) is 0. The Hall–Kier alpha value is -3.73. The molecule has 267 valence electrons. The summed E-state index contributed by atoms with van der Waals surface area (Å²) < 4.78 is 2.62. The van der Waals surface area contributed by atoms with E-state index in [1.165, 1.54) is 78.9 Å². The van der Waals surface area contributed by atoms with Gasteiger partial charge < -0.3 is 9.97 Å². The number of aromatic nitrogens is 2. The fourth-order valence-electron chi connectivity index (χ4n) is 8.06. The predicted molar refractivity (Wildman–Crippen MR) is 223 cm³/mol. The molecule has 0 unspecified atom stereocenters. The van der Waals surface area contributed by atoms with E-state index in [0.29, 0.717) is 0 Å². The summed E-state index contributed by atoms with van der Waals surface area (Å²) in [6, 6.07) is 41.0. The molecule has 0 atom stereocenters. The van der Waals surface area contributed by atoms with E-state index in [-0.39, 0.29) is 25.5 Å². The molecule has 1 fully saturated rings. The largest absolute Gasteiger partial charge is 0.305 e. The Kier molecular flexibility index (Phi) is 11.5. The number of nitrogens with zero attached hydrogens (tertiary/aromatic N) is 2. The van der Waals surface area contributed by atoms with Gasteiger partial charge in [0.25, 0.3) is 0 Å². The van der Waals surface area contributed by atoms with Gasteiger partial charge in [-0.1, -0.05) is 118 Å². The van der Waals surface area contributed by atoms with E-state index >= 15 is 0 Å². The molecule has 0 aliphatic heterocycles. The van der Waals surface area contributed by atoms with Gasteiger partial charge in [-0.3, -0.25) is 0 Å². The molecule has 52 heavy (non-hydrogen) atoms. The Balaban J connectivity index is 0.000000218. The van der Waals surface area contributed by atoms with Gasteiger partial charge >= 0.3 is 0 Å². The molecule has 0 saturated heterocycles. The first kappa shape index (κ1) is 38.0. The summed E-state index contributed by atoms with van der Waals surface area (Å²) >= 11 is 1.88. The van der Waals surface area contributed by atoms with E-state index in [9.17, 15) is 0 Å². The number of fused-ring (bicyclic) bond motifs is 3. The van der Waals surface area contributed by atoms with Gasteiger partial charge in [0.05, 0.1) is 8.07 Å². The SMILES string of the molecule is Cc1cc(-c2[c-]cccc2)ncc1[Si](C)(C)C.Cc1cnc(-c2[c-]ccc3c2sc2c(-c4ccccc4)cccc23)cc1C(C)(C)C1CCCC1.[Ir]. The van der Waals surface area contributed by atoms with E-state index in [1.54, 1.807) is 0 Å². The molecule has 1 saturated carbocycles. The number of aryl methyl sites for hydroxylation is 2. The monoisotopic (exact) mass is 893 g/mol. The fourth-order valence-corrected chi connectivity index (χ4v) is 11.1. The van der Waals surface area contributed by atoms with E-state index in [4.69, 9.17) is 4.98 Å². The van der Waals surface area contributed by atoms with Gasteiger partial charge in [-0.25, -0.2) is 0 Å². The molecule has 3 heterocycles. The Morgan fingerprint density at radius 3 is 2.12 bits per heavy atom. The minimum absolute atomic E-state index is 0. The molecule has 2 nitrogen and oxygen atoms in total. The van der Waals surface area contributed by atoms with Gasteiger partial charge in [0.2, 0.25) is 0 Å². The zero-order valence-electron chi connectivity index (χ0n) is 31.4. The minimum Gasteiger partial charge on any atom is -0.305 e. The first-order chi connectivity index (χ1) is 24.5. The summed E-state index contributed by atoms with van der Waals surface area (Å²) in [6.45, 7) is 16.3. The van der Waals surface area contributed by atoms with Crippen molar-refractivity contribution in [3.63, 3.8) is 0 Å². The van der Waals surface area contributed by atoms with Crippen LogP contribution in [-0.4, -0.2) is 18.0 Å². The molecule has 7 aromatic rings. The molecular weight excluding hydrogens is 845 g/mol. The summed E-state index contributed by atoms with van der Waals surface area (Å²) in [4.78, 5) is 9.51. The van der Waals surface area contributed by atoms with Crippen LogP contribution in [0.3, 0.4) is 0 Å². The molecule has 0 amide bonds. The van der Waals surface area contributed by atoms with Gasteiger partial charge in [0.1, 0.15) is 0 Å². The van der Waals surface area contributed by atoms with Gasteiger partial charge in [-0.05, 0) is 86.9 Å². The number of thiophene rings is 1. The van der Waals surface area contributed by atoms with Crippen LogP contribution in [0.4, 0.5) is 0 Å². The first-order valence-electron chi connectivity index (χ1n) is 18.4. The molecule has 8 rings (SSSR count). The van der Waals surface area contributed by atoms with Crippen LogP contribution < -0.4 is 5.19 Å². The zero-order chi connectivity index (χ0) is 35.8. The Morgan fingerprint density at radius 1 is 0.712 bits per heavy atom. The third-order valence-corrected chi connectivity index (χ3v) is 14.3. The maximum atomic E-state index is 4.93. The van der Waals surface area contributed by atoms with Gasteiger partial charge in [0.15, 0.2) is 0 Å². The van der Waals surface area contributed by atoms with Crippen molar-refractivity contribution in [2.45, 2.75) is 78.4 Å². The van der Waals surface area contributed by atoms with Gasteiger partial charge in [-0.2, -0.15) is 11.3 Å².